The maximum Gasteiger partial charge on any atom is 0.512 e. The van der Waals surface area contributed by atoms with Gasteiger partial charge in [-0.05, 0) is 109 Å². The van der Waals surface area contributed by atoms with Crippen molar-refractivity contribution in [3.05, 3.63) is 98.1 Å². The lowest BCUT2D eigenvalue weighted by atomic mass is 9.66. The van der Waals surface area contributed by atoms with Gasteiger partial charge in [-0.3, -0.25) is 19.3 Å². The quantitative estimate of drug-likeness (QED) is 0.0540. The maximum absolute atomic E-state index is 13.2. The Labute approximate surface area is 501 Å². The van der Waals surface area contributed by atoms with Gasteiger partial charge in [-0.2, -0.15) is 10.1 Å². The Morgan fingerprint density at radius 2 is 0.747 bits per heavy atom. The summed E-state index contributed by atoms with van der Waals surface area (Å²) in [5.74, 6) is -0.837. The van der Waals surface area contributed by atoms with Crippen LogP contribution >= 0.6 is 0 Å². The van der Waals surface area contributed by atoms with Crippen LogP contribution in [0, 0.1) is 0 Å². The molecule has 0 radical (unpaired) electrons. The van der Waals surface area contributed by atoms with Crippen LogP contribution in [0.15, 0.2) is 87.0 Å². The van der Waals surface area contributed by atoms with E-state index in [1.807, 2.05) is 81.4 Å². The van der Waals surface area contributed by atoms with Crippen molar-refractivity contribution >= 4 is 29.5 Å². The van der Waals surface area contributed by atoms with E-state index in [-0.39, 0.29) is 59.7 Å². The second-order valence-corrected chi connectivity index (χ2v) is 28.4. The van der Waals surface area contributed by atoms with Crippen molar-refractivity contribution in [2.45, 2.75) is 234 Å². The van der Waals surface area contributed by atoms with Crippen LogP contribution in [-0.2, 0) is 55.3 Å². The number of carbonyl (C=O) groups is 2. The van der Waals surface area contributed by atoms with E-state index in [1.165, 1.54) is 47.0 Å². The topological polar surface area (TPSA) is 194 Å². The van der Waals surface area contributed by atoms with Crippen LogP contribution < -0.4 is 0 Å². The molecule has 2 heterocycles. The number of nitrogens with zero attached hydrogens (tertiary/aromatic N) is 2. The SMILES string of the molecule is C=C.C=C.CCO[Si](CC(=O)OCC(ON1C2(CCCCC2)CC(O)CC12CCCCC2)c1ccccc1)(OCC)OCC.CO.CO[Si](CC(=O)OCC(ON1C2(CCCCC2)CC(O)CC12CCCCC2)c1ccccc1)(OC)OC. The van der Waals surface area contributed by atoms with Crippen molar-refractivity contribution in [1.82, 2.24) is 10.1 Å². The van der Waals surface area contributed by atoms with Crippen LogP contribution in [0.2, 0.25) is 12.1 Å². The van der Waals surface area contributed by atoms with Crippen molar-refractivity contribution in [3.8, 4) is 0 Å². The van der Waals surface area contributed by atoms with E-state index in [9.17, 15) is 19.8 Å². The summed E-state index contributed by atoms with van der Waals surface area (Å²) in [4.78, 5) is 40.2. The largest absolute Gasteiger partial charge is 0.512 e. The molecule has 2 aromatic carbocycles. The number of ether oxygens (including phenoxy) is 2. The summed E-state index contributed by atoms with van der Waals surface area (Å²) in [7, 11) is -0.817. The standard InChI is InChI=1S/C31H51NO7Si.C28H45NO7Si.2C2H4.CH4O/c1-4-36-40(37-5-2,38-6-3)25-29(34)35-24-28(26-16-10-7-11-17-26)39-32-30(18-12-8-13-19-30)22-27(33)23-31(32)20-14-9-15-21-31;1-32-37(33-2,34-3)22-26(31)35-21-25(23-13-7-4-8-14-23)36-29-27(15-9-5-10-16-27)19-24(30)20-28(29)17-11-6-12-18-28;3*1-2/h7,10-11,16-17,27-28,33H,4-6,8-9,12-15,18-25H2,1-3H3;4,7-8,13-14,24-25,30H,5-6,9-12,15-22H2,1-3H3;2*1-2H2;2H,1H3. The summed E-state index contributed by atoms with van der Waals surface area (Å²) in [5.41, 5.74) is 1.19. The van der Waals surface area contributed by atoms with Crippen molar-refractivity contribution < 1.29 is 70.6 Å². The number of piperidine rings is 2. The van der Waals surface area contributed by atoms with Crippen LogP contribution in [0.4, 0.5) is 0 Å². The molecule has 4 aliphatic carbocycles. The molecular formula is C64H108N2O15Si2. The molecule has 4 spiro atoms. The first-order chi connectivity index (χ1) is 40.3. The average molecular weight is 1200 g/mol. The molecule has 4 saturated carbocycles. The molecule has 19 heteroatoms. The number of carbonyl (C=O) groups excluding carboxylic acids is 2. The van der Waals surface area contributed by atoms with E-state index in [0.29, 0.717) is 19.8 Å². The number of benzene rings is 2. The molecule has 2 atom stereocenters. The van der Waals surface area contributed by atoms with E-state index < -0.39 is 41.8 Å². The van der Waals surface area contributed by atoms with Gasteiger partial charge in [0.15, 0.2) is 0 Å². The van der Waals surface area contributed by atoms with E-state index in [0.717, 1.165) is 147 Å². The van der Waals surface area contributed by atoms with Crippen LogP contribution in [0.25, 0.3) is 0 Å². The summed E-state index contributed by atoms with van der Waals surface area (Å²) < 4.78 is 45.6. The third-order valence-electron chi connectivity index (χ3n) is 17.7. The van der Waals surface area contributed by atoms with E-state index in [2.05, 4.69) is 36.4 Å². The van der Waals surface area contributed by atoms with Crippen LogP contribution in [0.1, 0.15) is 198 Å². The van der Waals surface area contributed by atoms with Gasteiger partial charge in [-0.15, -0.1) is 26.3 Å². The Balaban J connectivity index is 0.000000328. The molecular weight excluding hydrogens is 1090 g/mol. The van der Waals surface area contributed by atoms with Crippen molar-refractivity contribution in [1.29, 1.82) is 0 Å². The van der Waals surface area contributed by atoms with Crippen molar-refractivity contribution in [2.75, 3.05) is 61.5 Å². The molecule has 2 aliphatic heterocycles. The van der Waals surface area contributed by atoms with Gasteiger partial charge in [-0.1, -0.05) is 138 Å². The second kappa shape index (κ2) is 36.8. The van der Waals surface area contributed by atoms with Gasteiger partial charge in [0.25, 0.3) is 0 Å². The molecule has 2 unspecified atom stereocenters. The highest BCUT2D eigenvalue weighted by atomic mass is 28.4. The van der Waals surface area contributed by atoms with Crippen LogP contribution in [0.5, 0.6) is 0 Å². The van der Waals surface area contributed by atoms with Gasteiger partial charge < -0.3 is 51.3 Å². The molecule has 0 bridgehead atoms. The molecule has 472 valence electrons. The molecule has 3 N–H and O–H groups in total. The zero-order valence-corrected chi connectivity index (χ0v) is 54.0. The highest BCUT2D eigenvalue weighted by molar-refractivity contribution is 6.64. The number of rotatable bonds is 23. The van der Waals surface area contributed by atoms with Crippen molar-refractivity contribution in [2.24, 2.45) is 0 Å². The lowest BCUT2D eigenvalue weighted by molar-refractivity contribution is -0.345. The zero-order valence-electron chi connectivity index (χ0n) is 52.0. The number of hydrogen-bond donors (Lipinski definition) is 3. The number of aliphatic hydroxyl groups is 3. The Kier molecular flexibility index (Phi) is 32.0. The molecule has 2 aromatic rings. The second-order valence-electron chi connectivity index (χ2n) is 22.9. The zero-order chi connectivity index (χ0) is 60.8. The molecule has 0 amide bonds. The summed E-state index contributed by atoms with van der Waals surface area (Å²) >= 11 is 0. The fourth-order valence-electron chi connectivity index (χ4n) is 14.3. The Hall–Kier alpha value is -3.23. The maximum atomic E-state index is 13.2. The minimum absolute atomic E-state index is 0.0339. The van der Waals surface area contributed by atoms with Gasteiger partial charge in [0.05, 0.1) is 12.2 Å². The van der Waals surface area contributed by atoms with E-state index in [1.54, 1.807) is 0 Å². The van der Waals surface area contributed by atoms with Gasteiger partial charge in [0.2, 0.25) is 0 Å². The molecule has 0 aromatic heterocycles. The van der Waals surface area contributed by atoms with Crippen LogP contribution in [-0.4, -0.2) is 151 Å². The van der Waals surface area contributed by atoms with Crippen molar-refractivity contribution in [3.63, 3.8) is 0 Å². The summed E-state index contributed by atoms with van der Waals surface area (Å²) in [6, 6.07) is 20.0. The monoisotopic (exact) mass is 1200 g/mol. The fourth-order valence-corrected chi connectivity index (χ4v) is 18.0. The smallest absolute Gasteiger partial charge is 0.462 e. The number of aliphatic hydroxyl groups excluding tert-OH is 3. The molecule has 8 rings (SSSR count). The third kappa shape index (κ3) is 19.6. The van der Waals surface area contributed by atoms with E-state index in [4.69, 9.17) is 50.8 Å². The van der Waals surface area contributed by atoms with Crippen LogP contribution in [0.3, 0.4) is 0 Å². The minimum Gasteiger partial charge on any atom is -0.462 e. The number of esters is 2. The third-order valence-corrected chi connectivity index (χ3v) is 23.2. The highest BCUT2D eigenvalue weighted by Crippen LogP contribution is 2.54. The lowest BCUT2D eigenvalue weighted by Crippen LogP contribution is -2.67. The predicted molar refractivity (Wildman–Crippen MR) is 328 cm³/mol. The first-order valence-electron chi connectivity index (χ1n) is 31.0. The van der Waals surface area contributed by atoms with E-state index >= 15 is 0 Å². The Morgan fingerprint density at radius 3 is 1.00 bits per heavy atom. The number of hydrogen-bond acceptors (Lipinski definition) is 17. The summed E-state index contributed by atoms with van der Waals surface area (Å²) in [6.07, 6.45) is 23.7. The molecule has 2 saturated heterocycles. The van der Waals surface area contributed by atoms with Gasteiger partial charge in [0, 0.05) is 70.4 Å². The van der Waals surface area contributed by atoms with Gasteiger partial charge in [0.1, 0.15) is 37.5 Å². The summed E-state index contributed by atoms with van der Waals surface area (Å²) in [5, 5.41) is 33.9. The number of hydroxylamine groups is 4. The Morgan fingerprint density at radius 1 is 0.482 bits per heavy atom. The van der Waals surface area contributed by atoms with Gasteiger partial charge >= 0.3 is 29.5 Å². The predicted octanol–water partition coefficient (Wildman–Crippen LogP) is 12.3. The summed E-state index contributed by atoms with van der Waals surface area (Å²) in [6.45, 7) is 19.0. The first-order valence-corrected chi connectivity index (χ1v) is 34.9. The molecule has 17 nitrogen and oxygen atoms in total. The molecule has 83 heavy (non-hydrogen) atoms. The highest BCUT2D eigenvalue weighted by Gasteiger charge is 2.58. The Bertz CT molecular complexity index is 2000. The molecule has 6 fully saturated rings. The fraction of sp³-hybridized carbons (Fsp3) is 0.719. The average Bonchev–Trinajstić information content (AvgIpc) is 1.93. The minimum atomic E-state index is -3.18. The first kappa shape index (κ1) is 72.3. The van der Waals surface area contributed by atoms with Gasteiger partial charge in [-0.25, -0.2) is 0 Å². The lowest BCUT2D eigenvalue weighted by Gasteiger charge is -2.61. The normalized spacial score (nSPS) is 22.6. The molecule has 6 aliphatic rings.